The minimum atomic E-state index is -0.635. The number of aryl methyl sites for hydroxylation is 2. The Bertz CT molecular complexity index is 1830. The smallest absolute Gasteiger partial charge is 0.266 e. The molecule has 3 heterocycles. The first-order valence-corrected chi connectivity index (χ1v) is 14.4. The van der Waals surface area contributed by atoms with Crippen molar-refractivity contribution in [3.63, 3.8) is 0 Å². The average molecular weight is 665 g/mol. The summed E-state index contributed by atoms with van der Waals surface area (Å²) in [5.74, 6) is 4.84. The number of halogens is 4. The fourth-order valence-corrected chi connectivity index (χ4v) is 5.14. The fraction of sp³-hybridized carbons (Fsp3) is 0.143. The van der Waals surface area contributed by atoms with Gasteiger partial charge in [-0.2, -0.15) is 0 Å². The number of aromatic nitrogens is 2. The molecule has 1 aliphatic rings. The molecule has 5 aromatic rings. The Balaban J connectivity index is 0.000000257. The zero-order valence-electron chi connectivity index (χ0n) is 26.5. The molecule has 2 amide bonds. The maximum absolute atomic E-state index is 14.0. The second-order valence-electron chi connectivity index (χ2n) is 10.5. The number of nitrogens with two attached hydrogens (primary N) is 3. The van der Waals surface area contributed by atoms with Crippen molar-refractivity contribution in [3.8, 4) is 0 Å². The van der Waals surface area contributed by atoms with Gasteiger partial charge in [-0.1, -0.05) is 24.3 Å². The molecule has 9 nitrogen and oxygen atoms in total. The van der Waals surface area contributed by atoms with Crippen LogP contribution in [0.3, 0.4) is 0 Å². The number of fused-ring (bicyclic) bond motifs is 1. The summed E-state index contributed by atoms with van der Waals surface area (Å²) in [7, 11) is 4.54. The summed E-state index contributed by atoms with van der Waals surface area (Å²) in [5.41, 5.74) is 8.66. The SMILES string of the molecule is CO.C[n+]1cc(Cc2c(F)cccc2F)cc(N2C(=O)c3ccccc3C2=O)c1.C[n+]1cc(N)cc(Cc2c(F)cccc2F)c1.NN. The van der Waals surface area contributed by atoms with Crippen LogP contribution in [0.5, 0.6) is 0 Å². The Morgan fingerprint density at radius 2 is 1.02 bits per heavy atom. The van der Waals surface area contributed by atoms with Crippen LogP contribution >= 0.6 is 0 Å². The molecule has 0 unspecified atom stereocenters. The molecule has 250 valence electrons. The molecular formula is C35H36F4N6O3+2. The highest BCUT2D eigenvalue weighted by atomic mass is 19.1. The predicted octanol–water partition coefficient (Wildman–Crippen LogP) is 3.57. The molecule has 13 heteroatoms. The Labute approximate surface area is 275 Å². The van der Waals surface area contributed by atoms with Gasteiger partial charge in [-0.15, -0.1) is 0 Å². The van der Waals surface area contributed by atoms with Crippen molar-refractivity contribution in [2.24, 2.45) is 25.8 Å². The van der Waals surface area contributed by atoms with Crippen molar-refractivity contribution in [1.29, 1.82) is 0 Å². The first-order chi connectivity index (χ1) is 23.0. The van der Waals surface area contributed by atoms with E-state index in [1.165, 1.54) is 36.4 Å². The van der Waals surface area contributed by atoms with Gasteiger partial charge in [0.1, 0.15) is 43.1 Å². The Morgan fingerprint density at radius 3 is 1.44 bits per heavy atom. The number of imide groups is 1. The van der Waals surface area contributed by atoms with E-state index in [1.54, 1.807) is 77.4 Å². The van der Waals surface area contributed by atoms with Crippen LogP contribution in [0.2, 0.25) is 0 Å². The van der Waals surface area contributed by atoms with Gasteiger partial charge in [0.05, 0.1) is 16.8 Å². The lowest BCUT2D eigenvalue weighted by Crippen LogP contribution is -2.34. The van der Waals surface area contributed by atoms with E-state index in [9.17, 15) is 27.2 Å². The van der Waals surface area contributed by atoms with Gasteiger partial charge in [0.2, 0.25) is 0 Å². The monoisotopic (exact) mass is 664 g/mol. The van der Waals surface area contributed by atoms with Gasteiger partial charge in [0.15, 0.2) is 24.8 Å². The lowest BCUT2D eigenvalue weighted by Gasteiger charge is -2.13. The second-order valence-corrected chi connectivity index (χ2v) is 10.5. The van der Waals surface area contributed by atoms with E-state index < -0.39 is 35.1 Å². The number of pyridine rings is 2. The molecular weight excluding hydrogens is 628 g/mol. The van der Waals surface area contributed by atoms with Crippen LogP contribution < -0.4 is 31.5 Å². The van der Waals surface area contributed by atoms with Gasteiger partial charge in [0.25, 0.3) is 11.8 Å². The minimum Gasteiger partial charge on any atom is -0.400 e. The van der Waals surface area contributed by atoms with Crippen LogP contribution in [0.4, 0.5) is 28.9 Å². The van der Waals surface area contributed by atoms with Gasteiger partial charge >= 0.3 is 0 Å². The molecule has 0 saturated carbocycles. The second kappa shape index (κ2) is 16.9. The molecule has 0 fully saturated rings. The quantitative estimate of drug-likeness (QED) is 0.0744. The highest BCUT2D eigenvalue weighted by molar-refractivity contribution is 6.34. The Morgan fingerprint density at radius 1 is 0.625 bits per heavy atom. The summed E-state index contributed by atoms with van der Waals surface area (Å²) in [4.78, 5) is 26.4. The standard InChI is InChI=1S/C21H15F2N2O2.C13H13F2N2.CH4O.H4N2/c1-24-11-13(10-17-18(22)7-4-8-19(17)23)9-14(12-24)25-20(26)15-5-2-3-6-16(15)21(25)27;1-17-7-9(5-10(16)8-17)6-11-12(14)3-2-4-13(11)15;2*1-2/h2-9,11-12H,10H2,1H3;2-5,7-8H,6,16H2,1H3;2H,1H3;1-2H2/q2*+1;;. The fourth-order valence-electron chi connectivity index (χ4n) is 5.14. The number of hydrazine groups is 1. The summed E-state index contributed by atoms with van der Waals surface area (Å²) in [6, 6.07) is 17.5. The molecule has 2 aromatic heterocycles. The zero-order chi connectivity index (χ0) is 35.5. The first kappa shape index (κ1) is 37.0. The van der Waals surface area contributed by atoms with Gasteiger partial charge in [-0.05, 0) is 48.5 Å². The Kier molecular flexibility index (Phi) is 13.0. The first-order valence-electron chi connectivity index (χ1n) is 14.4. The largest absolute Gasteiger partial charge is 0.400 e. The maximum atomic E-state index is 14.0. The van der Waals surface area contributed by atoms with E-state index in [0.29, 0.717) is 28.1 Å². The predicted molar refractivity (Wildman–Crippen MR) is 172 cm³/mol. The molecule has 6 rings (SSSR count). The topological polar surface area (TPSA) is 143 Å². The van der Waals surface area contributed by atoms with Crippen molar-refractivity contribution in [2.75, 3.05) is 17.7 Å². The zero-order valence-corrected chi connectivity index (χ0v) is 26.5. The summed E-state index contributed by atoms with van der Waals surface area (Å²) < 4.78 is 58.3. The molecule has 0 saturated heterocycles. The third-order valence-corrected chi connectivity index (χ3v) is 7.05. The number of nitrogens with zero attached hydrogens (tertiary/aromatic N) is 3. The molecule has 7 N–H and O–H groups in total. The van der Waals surface area contributed by atoms with Crippen LogP contribution in [0.1, 0.15) is 43.0 Å². The molecule has 0 spiro atoms. The van der Waals surface area contributed by atoms with Gasteiger partial charge < -0.3 is 10.8 Å². The van der Waals surface area contributed by atoms with Crippen LogP contribution in [-0.2, 0) is 26.9 Å². The number of hydrogen-bond acceptors (Lipinski definition) is 6. The van der Waals surface area contributed by atoms with E-state index >= 15 is 0 Å². The number of benzene rings is 3. The highest BCUT2D eigenvalue weighted by Crippen LogP contribution is 2.28. The summed E-state index contributed by atoms with van der Waals surface area (Å²) in [5, 5.41) is 7.00. The molecule has 1 aliphatic heterocycles. The molecule has 0 aliphatic carbocycles. The number of rotatable bonds is 5. The van der Waals surface area contributed by atoms with E-state index in [-0.39, 0.29) is 24.0 Å². The normalized spacial score (nSPS) is 11.4. The van der Waals surface area contributed by atoms with Gasteiger partial charge in [-0.25, -0.2) is 31.6 Å². The average Bonchev–Trinajstić information content (AvgIpc) is 3.32. The van der Waals surface area contributed by atoms with E-state index in [0.717, 1.165) is 17.6 Å². The summed E-state index contributed by atoms with van der Waals surface area (Å²) in [6.45, 7) is 0. The Hall–Kier alpha value is -5.50. The molecule has 48 heavy (non-hydrogen) atoms. The number of nitrogen functional groups attached to an aromatic ring is 1. The number of anilines is 2. The number of hydrogen-bond donors (Lipinski definition) is 4. The van der Waals surface area contributed by atoms with E-state index in [4.69, 9.17) is 10.8 Å². The van der Waals surface area contributed by atoms with Crippen LogP contribution in [0.15, 0.2) is 97.6 Å². The lowest BCUT2D eigenvalue weighted by molar-refractivity contribution is -0.671. The van der Waals surface area contributed by atoms with Crippen molar-refractivity contribution < 1.29 is 41.4 Å². The third-order valence-electron chi connectivity index (χ3n) is 7.05. The number of amides is 2. The number of carbonyl (C=O) groups excluding carboxylic acids is 2. The molecule has 0 atom stereocenters. The van der Waals surface area contributed by atoms with Crippen molar-refractivity contribution in [2.45, 2.75) is 12.8 Å². The van der Waals surface area contributed by atoms with Crippen LogP contribution in [0, 0.1) is 23.3 Å². The van der Waals surface area contributed by atoms with Crippen LogP contribution in [-0.4, -0.2) is 24.0 Å². The van der Waals surface area contributed by atoms with Crippen molar-refractivity contribution in [1.82, 2.24) is 0 Å². The minimum absolute atomic E-state index is 0.00333. The maximum Gasteiger partial charge on any atom is 0.266 e. The highest BCUT2D eigenvalue weighted by Gasteiger charge is 2.37. The molecule has 0 radical (unpaired) electrons. The number of carbonyl (C=O) groups is 2. The lowest BCUT2D eigenvalue weighted by atomic mass is 10.0. The van der Waals surface area contributed by atoms with Gasteiger partial charge in [0, 0.05) is 42.2 Å². The van der Waals surface area contributed by atoms with Gasteiger partial charge in [-0.3, -0.25) is 21.3 Å². The number of aliphatic hydroxyl groups excluding tert-OH is 1. The van der Waals surface area contributed by atoms with Crippen molar-refractivity contribution >= 4 is 23.2 Å². The van der Waals surface area contributed by atoms with Crippen molar-refractivity contribution in [3.05, 3.63) is 154 Å². The van der Waals surface area contributed by atoms with E-state index in [1.807, 2.05) is 7.05 Å². The van der Waals surface area contributed by atoms with Crippen LogP contribution in [0.25, 0.3) is 0 Å². The molecule has 0 bridgehead atoms. The number of aliphatic hydroxyl groups is 1. The van der Waals surface area contributed by atoms with E-state index in [2.05, 4.69) is 11.7 Å². The molecule has 3 aromatic carbocycles. The summed E-state index contributed by atoms with van der Waals surface area (Å²) in [6.07, 6.45) is 7.06. The summed E-state index contributed by atoms with van der Waals surface area (Å²) >= 11 is 0. The third kappa shape index (κ3) is 8.64.